The van der Waals surface area contributed by atoms with Gasteiger partial charge in [-0.1, -0.05) is 28.1 Å². The van der Waals surface area contributed by atoms with Crippen LogP contribution < -0.4 is 5.73 Å². The molecule has 1 aliphatic heterocycles. The third kappa shape index (κ3) is 2.94. The molecule has 1 aromatic carbocycles. The van der Waals surface area contributed by atoms with Crippen LogP contribution in [0.25, 0.3) is 0 Å². The first-order chi connectivity index (χ1) is 10.6. The Bertz CT molecular complexity index is 711. The lowest BCUT2D eigenvalue weighted by molar-refractivity contribution is 0.0740. The first-order valence-corrected chi connectivity index (χ1v) is 8.63. The second kappa shape index (κ2) is 6.22. The van der Waals surface area contributed by atoms with Crippen LogP contribution in [0.2, 0.25) is 0 Å². The molecule has 4 nitrogen and oxygen atoms in total. The third-order valence-corrected chi connectivity index (χ3v) is 5.44. The molecular formula is C16H15BrN2O2S. The average molecular weight is 379 g/mol. The highest BCUT2D eigenvalue weighted by Crippen LogP contribution is 2.34. The molecule has 114 valence electrons. The van der Waals surface area contributed by atoms with Gasteiger partial charge in [0.15, 0.2) is 0 Å². The van der Waals surface area contributed by atoms with Crippen LogP contribution in [0.1, 0.15) is 43.8 Å². The molecule has 3 rings (SSSR count). The number of likely N-dealkylation sites (tertiary alicyclic amines) is 1. The Morgan fingerprint density at radius 1 is 1.14 bits per heavy atom. The van der Waals surface area contributed by atoms with Crippen molar-refractivity contribution in [1.29, 1.82) is 0 Å². The molecule has 6 heteroatoms. The smallest absolute Gasteiger partial charge is 0.264 e. The Morgan fingerprint density at radius 3 is 2.45 bits per heavy atom. The van der Waals surface area contributed by atoms with Crippen LogP contribution in [-0.2, 0) is 0 Å². The molecular weight excluding hydrogens is 364 g/mol. The molecule has 0 bridgehead atoms. The minimum atomic E-state index is -0.491. The van der Waals surface area contributed by atoms with Crippen molar-refractivity contribution in [2.24, 2.45) is 5.73 Å². The summed E-state index contributed by atoms with van der Waals surface area (Å²) in [7, 11) is 0. The van der Waals surface area contributed by atoms with Gasteiger partial charge < -0.3 is 10.6 Å². The zero-order valence-electron chi connectivity index (χ0n) is 11.8. The molecule has 0 aliphatic carbocycles. The highest BCUT2D eigenvalue weighted by atomic mass is 79.9. The van der Waals surface area contributed by atoms with Crippen LogP contribution in [0, 0.1) is 0 Å². The number of primary amides is 1. The van der Waals surface area contributed by atoms with E-state index in [0.29, 0.717) is 9.75 Å². The molecule has 2 N–H and O–H groups in total. The van der Waals surface area contributed by atoms with Crippen molar-refractivity contribution < 1.29 is 9.59 Å². The van der Waals surface area contributed by atoms with Crippen molar-refractivity contribution >= 4 is 39.1 Å². The third-order valence-electron chi connectivity index (χ3n) is 3.83. The molecule has 2 amide bonds. The fourth-order valence-electron chi connectivity index (χ4n) is 2.77. The van der Waals surface area contributed by atoms with E-state index in [1.165, 1.54) is 0 Å². The first-order valence-electron chi connectivity index (χ1n) is 7.02. The summed E-state index contributed by atoms with van der Waals surface area (Å²) < 4.78 is 1.02. The van der Waals surface area contributed by atoms with Gasteiger partial charge >= 0.3 is 0 Å². The molecule has 0 saturated carbocycles. The summed E-state index contributed by atoms with van der Waals surface area (Å²) in [4.78, 5) is 26.8. The van der Waals surface area contributed by atoms with Crippen LogP contribution in [0.3, 0.4) is 0 Å². The summed E-state index contributed by atoms with van der Waals surface area (Å²) in [5.74, 6) is -0.516. The van der Waals surface area contributed by atoms with E-state index in [1.807, 2.05) is 29.2 Å². The SMILES string of the molecule is NC(=O)c1ccc(C(=O)N2CCC[C@@H]2c2ccc(Br)cc2)s1. The molecule has 1 atom stereocenters. The zero-order chi connectivity index (χ0) is 15.7. The molecule has 0 radical (unpaired) electrons. The van der Waals surface area contributed by atoms with Crippen molar-refractivity contribution in [2.75, 3.05) is 6.54 Å². The number of benzene rings is 1. The van der Waals surface area contributed by atoms with Crippen molar-refractivity contribution in [2.45, 2.75) is 18.9 Å². The van der Waals surface area contributed by atoms with Crippen LogP contribution in [0.15, 0.2) is 40.9 Å². The van der Waals surface area contributed by atoms with Gasteiger partial charge in [0.05, 0.1) is 15.8 Å². The number of carbonyl (C=O) groups excluding carboxylic acids is 2. The maximum atomic E-state index is 12.7. The van der Waals surface area contributed by atoms with Crippen molar-refractivity contribution in [3.8, 4) is 0 Å². The molecule has 1 saturated heterocycles. The van der Waals surface area contributed by atoms with Gasteiger partial charge in [-0.15, -0.1) is 11.3 Å². The largest absolute Gasteiger partial charge is 0.365 e. The quantitative estimate of drug-likeness (QED) is 0.886. The van der Waals surface area contributed by atoms with E-state index in [0.717, 1.165) is 40.8 Å². The second-order valence-corrected chi connectivity index (χ2v) is 7.24. The molecule has 22 heavy (non-hydrogen) atoms. The van der Waals surface area contributed by atoms with E-state index in [9.17, 15) is 9.59 Å². The Morgan fingerprint density at radius 2 is 1.82 bits per heavy atom. The molecule has 2 heterocycles. The van der Waals surface area contributed by atoms with Crippen molar-refractivity contribution in [3.05, 3.63) is 56.2 Å². The molecule has 1 aliphatic rings. The Labute approximate surface area is 141 Å². The summed E-state index contributed by atoms with van der Waals surface area (Å²) in [6.45, 7) is 0.739. The van der Waals surface area contributed by atoms with Crippen LogP contribution in [0.4, 0.5) is 0 Å². The topological polar surface area (TPSA) is 63.4 Å². The Balaban J connectivity index is 1.84. The number of hydrogen-bond acceptors (Lipinski definition) is 3. The predicted octanol–water partition coefficient (Wildman–Crippen LogP) is 3.59. The fourth-order valence-corrected chi connectivity index (χ4v) is 3.85. The van der Waals surface area contributed by atoms with Gasteiger partial charge in [-0.05, 0) is 42.7 Å². The van der Waals surface area contributed by atoms with Gasteiger partial charge in [-0.2, -0.15) is 0 Å². The van der Waals surface area contributed by atoms with Gasteiger partial charge in [-0.25, -0.2) is 0 Å². The summed E-state index contributed by atoms with van der Waals surface area (Å²) in [5.41, 5.74) is 6.39. The van der Waals surface area contributed by atoms with Crippen molar-refractivity contribution in [1.82, 2.24) is 4.90 Å². The minimum Gasteiger partial charge on any atom is -0.365 e. The number of carbonyl (C=O) groups is 2. The van der Waals surface area contributed by atoms with Crippen molar-refractivity contribution in [3.63, 3.8) is 0 Å². The lowest BCUT2D eigenvalue weighted by atomic mass is 10.0. The minimum absolute atomic E-state index is 0.0251. The van der Waals surface area contributed by atoms with Gasteiger partial charge in [0, 0.05) is 11.0 Å². The summed E-state index contributed by atoms with van der Waals surface area (Å²) in [6, 6.07) is 11.5. The summed E-state index contributed by atoms with van der Waals surface area (Å²) in [5, 5.41) is 0. The molecule has 0 unspecified atom stereocenters. The maximum absolute atomic E-state index is 12.7. The number of rotatable bonds is 3. The van der Waals surface area contributed by atoms with Crippen LogP contribution in [-0.4, -0.2) is 23.3 Å². The van der Waals surface area contributed by atoms with E-state index in [4.69, 9.17) is 5.73 Å². The number of thiophene rings is 1. The monoisotopic (exact) mass is 378 g/mol. The van der Waals surface area contributed by atoms with Gasteiger partial charge in [0.2, 0.25) is 0 Å². The highest BCUT2D eigenvalue weighted by Gasteiger charge is 2.31. The van der Waals surface area contributed by atoms with E-state index in [-0.39, 0.29) is 11.9 Å². The average Bonchev–Trinajstić information content (AvgIpc) is 3.17. The Kier molecular flexibility index (Phi) is 4.31. The van der Waals surface area contributed by atoms with E-state index < -0.39 is 5.91 Å². The number of nitrogens with zero attached hydrogens (tertiary/aromatic N) is 1. The first kappa shape index (κ1) is 15.2. The van der Waals surface area contributed by atoms with E-state index in [2.05, 4.69) is 15.9 Å². The molecule has 1 aromatic heterocycles. The van der Waals surface area contributed by atoms with Gasteiger partial charge in [-0.3, -0.25) is 9.59 Å². The lowest BCUT2D eigenvalue weighted by Crippen LogP contribution is -2.29. The van der Waals surface area contributed by atoms with Gasteiger partial charge in [0.1, 0.15) is 0 Å². The maximum Gasteiger partial charge on any atom is 0.264 e. The van der Waals surface area contributed by atoms with E-state index in [1.54, 1.807) is 12.1 Å². The molecule has 2 aromatic rings. The van der Waals surface area contributed by atoms with E-state index >= 15 is 0 Å². The number of hydrogen-bond donors (Lipinski definition) is 1. The lowest BCUT2D eigenvalue weighted by Gasteiger charge is -2.24. The second-order valence-electron chi connectivity index (χ2n) is 5.24. The Hall–Kier alpha value is -1.66. The predicted molar refractivity (Wildman–Crippen MR) is 90.0 cm³/mol. The summed E-state index contributed by atoms with van der Waals surface area (Å²) in [6.07, 6.45) is 1.95. The normalized spacial score (nSPS) is 17.7. The number of amides is 2. The van der Waals surface area contributed by atoms with Gasteiger partial charge in [0.25, 0.3) is 11.8 Å². The van der Waals surface area contributed by atoms with Crippen LogP contribution in [0.5, 0.6) is 0 Å². The molecule has 0 spiro atoms. The highest BCUT2D eigenvalue weighted by molar-refractivity contribution is 9.10. The fraction of sp³-hybridized carbons (Fsp3) is 0.250. The van der Waals surface area contributed by atoms with Crippen LogP contribution >= 0.6 is 27.3 Å². The number of nitrogens with two attached hydrogens (primary N) is 1. The number of halogens is 1. The zero-order valence-corrected chi connectivity index (χ0v) is 14.2. The standard InChI is InChI=1S/C16H15BrN2O2S/c17-11-5-3-10(4-6-11)12-2-1-9-19(12)16(21)14-8-7-13(22-14)15(18)20/h3-8,12H,1-2,9H2,(H2,18,20)/t12-/m1/s1. The molecule has 1 fully saturated rings. The summed E-state index contributed by atoms with van der Waals surface area (Å²) >= 11 is 4.59.